The zero-order valence-corrected chi connectivity index (χ0v) is 17.1. The van der Waals surface area contributed by atoms with E-state index in [1.54, 1.807) is 18.2 Å². The molecule has 0 spiro atoms. The van der Waals surface area contributed by atoms with Gasteiger partial charge in [-0.1, -0.05) is 61.9 Å². The largest absolute Gasteiger partial charge is 0.494 e. The Morgan fingerprint density at radius 2 is 1.70 bits per heavy atom. The van der Waals surface area contributed by atoms with Crippen molar-refractivity contribution in [1.29, 1.82) is 0 Å². The molecule has 6 heteroatoms. The lowest BCUT2D eigenvalue weighted by Crippen LogP contribution is -2.21. The van der Waals surface area contributed by atoms with Crippen LogP contribution < -0.4 is 15.4 Å². The number of nitrogens with one attached hydrogen (secondary N) is 2. The second kappa shape index (κ2) is 11.7. The molecule has 2 N–H and O–H groups in total. The molecule has 0 aromatic heterocycles. The fraction of sp³-hybridized carbons (Fsp3) is 0.381. The average molecular weight is 409 g/mol. The highest BCUT2D eigenvalue weighted by Gasteiger charge is 2.05. The first-order valence-electron chi connectivity index (χ1n) is 9.29. The van der Waals surface area contributed by atoms with Crippen molar-refractivity contribution in [3.8, 4) is 5.75 Å². The van der Waals surface area contributed by atoms with Crippen LogP contribution in [-0.4, -0.2) is 19.1 Å². The SMILES string of the molecule is CCCCCCCOc1cccc(NC(=O)CNc2cc(Cl)cc(Cl)c2)c1. The number of hydrogen-bond donors (Lipinski definition) is 2. The summed E-state index contributed by atoms with van der Waals surface area (Å²) in [5, 5.41) is 6.90. The molecular formula is C21H26Cl2N2O2. The van der Waals surface area contributed by atoms with Crippen molar-refractivity contribution in [1.82, 2.24) is 0 Å². The van der Waals surface area contributed by atoms with E-state index < -0.39 is 0 Å². The number of halogens is 2. The minimum absolute atomic E-state index is 0.110. The number of carbonyl (C=O) groups is 1. The molecule has 2 aromatic carbocycles. The van der Waals surface area contributed by atoms with Crippen LogP contribution in [0.1, 0.15) is 39.0 Å². The van der Waals surface area contributed by atoms with E-state index in [9.17, 15) is 4.79 Å². The molecule has 1 amide bonds. The summed E-state index contributed by atoms with van der Waals surface area (Å²) in [5.74, 6) is 0.598. The van der Waals surface area contributed by atoms with Crippen molar-refractivity contribution in [2.45, 2.75) is 39.0 Å². The maximum atomic E-state index is 12.1. The molecule has 2 aromatic rings. The zero-order chi connectivity index (χ0) is 19.5. The maximum absolute atomic E-state index is 12.1. The van der Waals surface area contributed by atoms with Gasteiger partial charge in [-0.15, -0.1) is 0 Å². The van der Waals surface area contributed by atoms with Gasteiger partial charge < -0.3 is 15.4 Å². The van der Waals surface area contributed by atoms with Gasteiger partial charge in [0.1, 0.15) is 5.75 Å². The number of rotatable bonds is 11. The van der Waals surface area contributed by atoms with Gasteiger partial charge in [0, 0.05) is 27.5 Å². The monoisotopic (exact) mass is 408 g/mol. The van der Waals surface area contributed by atoms with Crippen LogP contribution in [0.4, 0.5) is 11.4 Å². The first kappa shape index (κ1) is 21.4. The average Bonchev–Trinajstić information content (AvgIpc) is 2.62. The molecule has 4 nitrogen and oxygen atoms in total. The number of anilines is 2. The molecule has 146 valence electrons. The van der Waals surface area contributed by atoms with Gasteiger partial charge in [-0.25, -0.2) is 0 Å². The minimum Gasteiger partial charge on any atom is -0.494 e. The van der Waals surface area contributed by atoms with Gasteiger partial charge in [0.25, 0.3) is 0 Å². The van der Waals surface area contributed by atoms with Gasteiger partial charge in [0.15, 0.2) is 0 Å². The Morgan fingerprint density at radius 1 is 0.963 bits per heavy atom. The predicted molar refractivity (Wildman–Crippen MR) is 114 cm³/mol. The smallest absolute Gasteiger partial charge is 0.243 e. The fourth-order valence-electron chi connectivity index (χ4n) is 2.60. The van der Waals surface area contributed by atoms with Crippen LogP contribution in [0.5, 0.6) is 5.75 Å². The molecular weight excluding hydrogens is 383 g/mol. The Morgan fingerprint density at radius 3 is 2.44 bits per heavy atom. The van der Waals surface area contributed by atoms with Crippen LogP contribution in [0.25, 0.3) is 0 Å². The fourth-order valence-corrected chi connectivity index (χ4v) is 3.13. The van der Waals surface area contributed by atoms with E-state index in [-0.39, 0.29) is 12.5 Å². The molecule has 0 aliphatic rings. The third kappa shape index (κ3) is 8.55. The highest BCUT2D eigenvalue weighted by atomic mass is 35.5. The van der Waals surface area contributed by atoms with E-state index in [0.29, 0.717) is 28.0 Å². The van der Waals surface area contributed by atoms with Gasteiger partial charge in [-0.3, -0.25) is 4.79 Å². The molecule has 0 unspecified atom stereocenters. The van der Waals surface area contributed by atoms with E-state index in [4.69, 9.17) is 27.9 Å². The Bertz CT molecular complexity index is 718. The third-order valence-electron chi connectivity index (χ3n) is 3.95. The summed E-state index contributed by atoms with van der Waals surface area (Å²) in [6.07, 6.45) is 5.99. The van der Waals surface area contributed by atoms with Crippen molar-refractivity contribution in [3.63, 3.8) is 0 Å². The topological polar surface area (TPSA) is 50.4 Å². The summed E-state index contributed by atoms with van der Waals surface area (Å²) in [6.45, 7) is 3.01. The van der Waals surface area contributed by atoms with Gasteiger partial charge in [0.05, 0.1) is 13.2 Å². The van der Waals surface area contributed by atoms with Crippen LogP contribution in [-0.2, 0) is 4.79 Å². The Kier molecular flexibility index (Phi) is 9.29. The van der Waals surface area contributed by atoms with Crippen LogP contribution in [0.2, 0.25) is 10.0 Å². The summed E-state index contributed by atoms with van der Waals surface area (Å²) < 4.78 is 5.77. The molecule has 0 bridgehead atoms. The Hall–Kier alpha value is -1.91. The summed E-state index contributed by atoms with van der Waals surface area (Å²) >= 11 is 11.9. The summed E-state index contributed by atoms with van der Waals surface area (Å²) in [5.41, 5.74) is 1.40. The first-order valence-corrected chi connectivity index (χ1v) is 10.0. The number of benzene rings is 2. The summed E-state index contributed by atoms with van der Waals surface area (Å²) in [4.78, 5) is 12.1. The van der Waals surface area contributed by atoms with Crippen LogP contribution in [0.3, 0.4) is 0 Å². The molecule has 27 heavy (non-hydrogen) atoms. The first-order chi connectivity index (χ1) is 13.1. The number of unbranched alkanes of at least 4 members (excludes halogenated alkanes) is 4. The van der Waals surface area contributed by atoms with Gasteiger partial charge >= 0.3 is 0 Å². The minimum atomic E-state index is -0.164. The van der Waals surface area contributed by atoms with Gasteiger partial charge in [0.2, 0.25) is 5.91 Å². The van der Waals surface area contributed by atoms with E-state index in [1.807, 2.05) is 24.3 Å². The Balaban J connectivity index is 1.76. The van der Waals surface area contributed by atoms with Crippen molar-refractivity contribution in [3.05, 3.63) is 52.5 Å². The predicted octanol–water partition coefficient (Wildman–Crippen LogP) is 6.39. The quantitative estimate of drug-likeness (QED) is 0.423. The number of ether oxygens (including phenoxy) is 1. The lowest BCUT2D eigenvalue weighted by Gasteiger charge is -2.10. The number of amides is 1. The second-order valence-corrected chi connectivity index (χ2v) is 7.22. The lowest BCUT2D eigenvalue weighted by atomic mass is 10.2. The van der Waals surface area contributed by atoms with Crippen molar-refractivity contribution < 1.29 is 9.53 Å². The molecule has 0 aliphatic heterocycles. The van der Waals surface area contributed by atoms with Crippen molar-refractivity contribution >= 4 is 40.5 Å². The van der Waals surface area contributed by atoms with E-state index in [1.165, 1.54) is 25.7 Å². The van der Waals surface area contributed by atoms with Crippen LogP contribution in [0, 0.1) is 0 Å². The molecule has 0 atom stereocenters. The maximum Gasteiger partial charge on any atom is 0.243 e. The third-order valence-corrected chi connectivity index (χ3v) is 4.39. The highest BCUT2D eigenvalue weighted by molar-refractivity contribution is 6.35. The van der Waals surface area contributed by atoms with Gasteiger partial charge in [-0.05, 0) is 36.8 Å². The Labute approximate surface area is 171 Å². The van der Waals surface area contributed by atoms with E-state index in [2.05, 4.69) is 17.6 Å². The summed E-state index contributed by atoms with van der Waals surface area (Å²) in [6, 6.07) is 12.5. The zero-order valence-electron chi connectivity index (χ0n) is 15.6. The standard InChI is InChI=1S/C21H26Cl2N2O2/c1-2-3-4-5-6-10-27-20-9-7-8-18(14-20)25-21(26)15-24-19-12-16(22)11-17(23)13-19/h7-9,11-14,24H,2-6,10,15H2,1H3,(H,25,26). The molecule has 0 aliphatic carbocycles. The van der Waals surface area contributed by atoms with Crippen LogP contribution >= 0.6 is 23.2 Å². The second-order valence-electron chi connectivity index (χ2n) is 6.35. The molecule has 0 saturated heterocycles. The highest BCUT2D eigenvalue weighted by Crippen LogP contribution is 2.22. The molecule has 0 heterocycles. The molecule has 0 saturated carbocycles. The number of hydrogen-bond acceptors (Lipinski definition) is 3. The molecule has 2 rings (SSSR count). The summed E-state index contributed by atoms with van der Waals surface area (Å²) in [7, 11) is 0. The van der Waals surface area contributed by atoms with Gasteiger partial charge in [-0.2, -0.15) is 0 Å². The van der Waals surface area contributed by atoms with E-state index in [0.717, 1.165) is 12.2 Å². The number of carbonyl (C=O) groups excluding carboxylic acids is 1. The molecule has 0 fully saturated rings. The van der Waals surface area contributed by atoms with Crippen molar-refractivity contribution in [2.75, 3.05) is 23.8 Å². The van der Waals surface area contributed by atoms with Crippen molar-refractivity contribution in [2.24, 2.45) is 0 Å². The lowest BCUT2D eigenvalue weighted by molar-refractivity contribution is -0.114. The molecule has 0 radical (unpaired) electrons. The van der Waals surface area contributed by atoms with Crippen LogP contribution in [0.15, 0.2) is 42.5 Å². The van der Waals surface area contributed by atoms with E-state index >= 15 is 0 Å². The normalized spacial score (nSPS) is 10.5.